The molecule has 1 saturated carbocycles. The molecule has 0 heterocycles. The number of esters is 1. The lowest BCUT2D eigenvalue weighted by Gasteiger charge is -2.40. The highest BCUT2D eigenvalue weighted by atomic mass is 16.6. The molecule has 0 spiro atoms. The molecule has 27 heavy (non-hydrogen) atoms. The molecule has 2 aliphatic carbocycles. The van der Waals surface area contributed by atoms with Crippen molar-refractivity contribution in [2.75, 3.05) is 0 Å². The van der Waals surface area contributed by atoms with E-state index in [1.54, 1.807) is 5.57 Å². The molecule has 2 aliphatic rings. The maximum absolute atomic E-state index is 12.8. The second kappa shape index (κ2) is 8.70. The summed E-state index contributed by atoms with van der Waals surface area (Å²) in [6.45, 7) is 16.3. The van der Waals surface area contributed by atoms with E-state index < -0.39 is 0 Å². The van der Waals surface area contributed by atoms with E-state index in [-0.39, 0.29) is 22.9 Å². The predicted molar refractivity (Wildman–Crippen MR) is 115 cm³/mol. The number of ether oxygens (including phenoxy) is 1. The molecule has 0 aromatic heterocycles. The fraction of sp³-hybridized carbons (Fsp3) is 0.880. The van der Waals surface area contributed by atoms with E-state index >= 15 is 0 Å². The highest BCUT2D eigenvalue weighted by molar-refractivity contribution is 5.73. The molecule has 2 nitrogen and oxygen atoms in total. The van der Waals surface area contributed by atoms with Gasteiger partial charge in [0.05, 0.1) is 5.92 Å². The molecular formula is C25H44O2. The Balaban J connectivity index is 2.01. The summed E-state index contributed by atoms with van der Waals surface area (Å²) < 4.78 is 6.01. The SMILES string of the molecule is CCC(C)(C)CC(C1=CCC(C(=O)OC2(C)CCCCC2)CC1)C(C)(C)C. The lowest BCUT2D eigenvalue weighted by Crippen LogP contribution is -2.37. The van der Waals surface area contributed by atoms with Crippen LogP contribution in [-0.2, 0) is 9.53 Å². The molecule has 0 aromatic rings. The molecule has 0 N–H and O–H groups in total. The molecule has 2 heteroatoms. The van der Waals surface area contributed by atoms with Gasteiger partial charge in [-0.15, -0.1) is 0 Å². The molecule has 1 fully saturated rings. The van der Waals surface area contributed by atoms with Gasteiger partial charge in [0.15, 0.2) is 0 Å². The normalized spacial score (nSPS) is 24.9. The second-order valence-electron chi connectivity index (χ2n) is 11.3. The summed E-state index contributed by atoms with van der Waals surface area (Å²) in [5, 5.41) is 0. The average molecular weight is 377 g/mol. The Kier molecular flexibility index (Phi) is 7.25. The molecule has 2 atom stereocenters. The topological polar surface area (TPSA) is 26.3 Å². The highest BCUT2D eigenvalue weighted by Gasteiger charge is 2.37. The van der Waals surface area contributed by atoms with Gasteiger partial charge in [0.2, 0.25) is 0 Å². The van der Waals surface area contributed by atoms with Gasteiger partial charge in [-0.1, -0.05) is 66.0 Å². The maximum atomic E-state index is 12.8. The lowest BCUT2D eigenvalue weighted by molar-refractivity contribution is -0.166. The number of allylic oxidation sites excluding steroid dienone is 2. The van der Waals surface area contributed by atoms with Crippen LogP contribution in [0.15, 0.2) is 11.6 Å². The summed E-state index contributed by atoms with van der Waals surface area (Å²) in [6, 6.07) is 0. The van der Waals surface area contributed by atoms with E-state index in [1.807, 2.05) is 0 Å². The lowest BCUT2D eigenvalue weighted by atomic mass is 9.65. The monoisotopic (exact) mass is 376 g/mol. The quantitative estimate of drug-likeness (QED) is 0.355. The van der Waals surface area contributed by atoms with Crippen molar-refractivity contribution >= 4 is 5.97 Å². The van der Waals surface area contributed by atoms with E-state index in [4.69, 9.17) is 4.74 Å². The van der Waals surface area contributed by atoms with Crippen LogP contribution in [0.5, 0.6) is 0 Å². The molecule has 0 aliphatic heterocycles. The standard InChI is InChI=1S/C25H44O2/c1-8-24(5,6)18-21(23(2,3)4)19-12-14-20(15-13-19)22(26)27-25(7)16-10-9-11-17-25/h12,20-21H,8-11,13-18H2,1-7H3. The summed E-state index contributed by atoms with van der Waals surface area (Å²) in [6.07, 6.45) is 13.4. The Morgan fingerprint density at radius 3 is 2.30 bits per heavy atom. The summed E-state index contributed by atoms with van der Waals surface area (Å²) in [7, 11) is 0. The second-order valence-corrected chi connectivity index (χ2v) is 11.3. The van der Waals surface area contributed by atoms with Crippen molar-refractivity contribution in [2.45, 2.75) is 118 Å². The third-order valence-electron chi connectivity index (χ3n) is 7.24. The third-order valence-corrected chi connectivity index (χ3v) is 7.24. The van der Waals surface area contributed by atoms with Gasteiger partial charge in [0.1, 0.15) is 5.60 Å². The van der Waals surface area contributed by atoms with Gasteiger partial charge in [0, 0.05) is 0 Å². The molecular weight excluding hydrogens is 332 g/mol. The van der Waals surface area contributed by atoms with Crippen LogP contribution < -0.4 is 0 Å². The zero-order valence-corrected chi connectivity index (χ0v) is 19.1. The van der Waals surface area contributed by atoms with Crippen molar-refractivity contribution in [3.05, 3.63) is 11.6 Å². The minimum atomic E-state index is -0.210. The van der Waals surface area contributed by atoms with Gasteiger partial charge in [0.25, 0.3) is 0 Å². The summed E-state index contributed by atoms with van der Waals surface area (Å²) in [5.74, 6) is 0.712. The largest absolute Gasteiger partial charge is 0.459 e. The van der Waals surface area contributed by atoms with Crippen LogP contribution in [0.3, 0.4) is 0 Å². The summed E-state index contributed by atoms with van der Waals surface area (Å²) in [5.41, 5.74) is 2.00. The van der Waals surface area contributed by atoms with Gasteiger partial charge in [-0.25, -0.2) is 0 Å². The van der Waals surface area contributed by atoms with Gasteiger partial charge in [-0.05, 0) is 75.0 Å². The van der Waals surface area contributed by atoms with Crippen molar-refractivity contribution in [2.24, 2.45) is 22.7 Å². The fourth-order valence-corrected chi connectivity index (χ4v) is 4.80. The van der Waals surface area contributed by atoms with Gasteiger partial charge in [-0.3, -0.25) is 4.79 Å². The Hall–Kier alpha value is -0.790. The Bertz CT molecular complexity index is 529. The van der Waals surface area contributed by atoms with E-state index in [0.717, 1.165) is 32.1 Å². The number of hydrogen-bond acceptors (Lipinski definition) is 2. The maximum Gasteiger partial charge on any atom is 0.309 e. The first-order chi connectivity index (χ1) is 12.5. The van der Waals surface area contributed by atoms with Gasteiger partial charge >= 0.3 is 5.97 Å². The molecule has 2 unspecified atom stereocenters. The molecule has 156 valence electrons. The van der Waals surface area contributed by atoms with E-state index in [9.17, 15) is 4.79 Å². The molecule has 2 rings (SSSR count). The van der Waals surface area contributed by atoms with Crippen LogP contribution in [-0.4, -0.2) is 11.6 Å². The Morgan fingerprint density at radius 2 is 1.81 bits per heavy atom. The number of hydrogen-bond donors (Lipinski definition) is 0. The van der Waals surface area contributed by atoms with Crippen LogP contribution >= 0.6 is 0 Å². The van der Waals surface area contributed by atoms with Gasteiger partial charge < -0.3 is 4.74 Å². The van der Waals surface area contributed by atoms with Crippen molar-refractivity contribution in [3.63, 3.8) is 0 Å². The minimum absolute atomic E-state index is 0.0518. The summed E-state index contributed by atoms with van der Waals surface area (Å²) in [4.78, 5) is 12.8. The fourth-order valence-electron chi connectivity index (χ4n) is 4.80. The molecule has 0 aromatic carbocycles. The number of carbonyl (C=O) groups is 1. The van der Waals surface area contributed by atoms with E-state index in [0.29, 0.717) is 11.3 Å². The molecule has 0 amide bonds. The summed E-state index contributed by atoms with van der Waals surface area (Å²) >= 11 is 0. The van der Waals surface area contributed by atoms with Crippen LogP contribution in [0.1, 0.15) is 113 Å². The first kappa shape index (κ1) is 22.5. The molecule has 0 saturated heterocycles. The van der Waals surface area contributed by atoms with Crippen molar-refractivity contribution in [1.82, 2.24) is 0 Å². The average Bonchev–Trinajstić information content (AvgIpc) is 2.59. The third kappa shape index (κ3) is 6.36. The van der Waals surface area contributed by atoms with Crippen molar-refractivity contribution in [3.8, 4) is 0 Å². The zero-order valence-electron chi connectivity index (χ0n) is 19.1. The Morgan fingerprint density at radius 1 is 1.19 bits per heavy atom. The van der Waals surface area contributed by atoms with E-state index in [2.05, 4.69) is 54.5 Å². The first-order valence-corrected chi connectivity index (χ1v) is 11.4. The van der Waals surface area contributed by atoms with Crippen LogP contribution in [0.4, 0.5) is 0 Å². The smallest absolute Gasteiger partial charge is 0.309 e. The predicted octanol–water partition coefficient (Wildman–Crippen LogP) is 7.47. The number of rotatable bonds is 6. The van der Waals surface area contributed by atoms with E-state index in [1.165, 1.54) is 32.1 Å². The van der Waals surface area contributed by atoms with Crippen LogP contribution in [0.25, 0.3) is 0 Å². The van der Waals surface area contributed by atoms with Crippen molar-refractivity contribution in [1.29, 1.82) is 0 Å². The molecule has 0 bridgehead atoms. The minimum Gasteiger partial charge on any atom is -0.459 e. The van der Waals surface area contributed by atoms with Crippen LogP contribution in [0, 0.1) is 22.7 Å². The van der Waals surface area contributed by atoms with Gasteiger partial charge in [-0.2, -0.15) is 0 Å². The Labute approximate surface area is 168 Å². The number of carbonyl (C=O) groups excluding carboxylic acids is 1. The first-order valence-electron chi connectivity index (χ1n) is 11.4. The molecule has 0 radical (unpaired) electrons. The highest BCUT2D eigenvalue weighted by Crippen LogP contribution is 2.45. The zero-order chi connectivity index (χ0) is 20.3. The van der Waals surface area contributed by atoms with Crippen molar-refractivity contribution < 1.29 is 9.53 Å². The van der Waals surface area contributed by atoms with Crippen LogP contribution in [0.2, 0.25) is 0 Å².